The molecule has 0 aliphatic heterocycles. The van der Waals surface area contributed by atoms with Gasteiger partial charge >= 0.3 is 5.97 Å². The van der Waals surface area contributed by atoms with Crippen molar-refractivity contribution in [2.45, 2.75) is 63.8 Å². The van der Waals surface area contributed by atoms with E-state index in [1.165, 1.54) is 24.1 Å². The van der Waals surface area contributed by atoms with Gasteiger partial charge in [0.05, 0.1) is 15.6 Å². The highest BCUT2D eigenvalue weighted by molar-refractivity contribution is 6.39. The van der Waals surface area contributed by atoms with Crippen LogP contribution in [-0.4, -0.2) is 41.2 Å². The summed E-state index contributed by atoms with van der Waals surface area (Å²) in [6.07, 6.45) is 8.82. The van der Waals surface area contributed by atoms with Gasteiger partial charge in [0.1, 0.15) is 6.04 Å². The zero-order valence-corrected chi connectivity index (χ0v) is 21.3. The Balaban J connectivity index is 1.14. The third kappa shape index (κ3) is 6.96. The molecule has 0 spiro atoms. The number of aromatic nitrogens is 1. The fourth-order valence-corrected chi connectivity index (χ4v) is 5.64. The van der Waals surface area contributed by atoms with Crippen LogP contribution in [0.25, 0.3) is 0 Å². The number of hydrogen-bond acceptors (Lipinski definition) is 4. The minimum Gasteiger partial charge on any atom is -0.480 e. The largest absolute Gasteiger partial charge is 0.480 e. The Morgan fingerprint density at radius 1 is 1.09 bits per heavy atom. The number of carbonyl (C=O) groups is 2. The molecule has 0 saturated heterocycles. The number of carboxylic acid groups (broad SMARTS) is 1. The lowest BCUT2D eigenvalue weighted by Crippen LogP contribution is -2.44. The minimum atomic E-state index is -1.06. The standard InChI is InChI=1S/C27H32Cl2N2O4/c28-21-7-3-8-22(29)25(21)26(32)31-24(27(33)34)15-17-13-18(14-17)16-35-12-4-6-20-11-10-19-5-1-2-9-23(19)30-20/h3,7-8,10-11,17-18,24H,1-2,4-6,9,12-16H2,(H,31,32)(H,33,34). The van der Waals surface area contributed by atoms with E-state index in [4.69, 9.17) is 32.9 Å². The molecule has 188 valence electrons. The summed E-state index contributed by atoms with van der Waals surface area (Å²) in [6, 6.07) is 8.15. The number of nitrogens with zero attached hydrogens (tertiary/aromatic N) is 1. The molecule has 1 amide bonds. The van der Waals surface area contributed by atoms with Crippen molar-refractivity contribution in [2.75, 3.05) is 13.2 Å². The lowest BCUT2D eigenvalue weighted by Gasteiger charge is -2.36. The van der Waals surface area contributed by atoms with Crippen LogP contribution in [0.15, 0.2) is 30.3 Å². The molecule has 1 atom stereocenters. The van der Waals surface area contributed by atoms with Crippen LogP contribution in [0.2, 0.25) is 10.0 Å². The molecule has 0 bridgehead atoms. The Labute approximate surface area is 216 Å². The van der Waals surface area contributed by atoms with Crippen LogP contribution in [0, 0.1) is 11.8 Å². The van der Waals surface area contributed by atoms with Gasteiger partial charge in [-0.25, -0.2) is 4.79 Å². The number of ether oxygens (including phenoxy) is 1. The van der Waals surface area contributed by atoms with E-state index in [2.05, 4.69) is 17.4 Å². The van der Waals surface area contributed by atoms with Crippen molar-refractivity contribution in [2.24, 2.45) is 11.8 Å². The molecular weight excluding hydrogens is 487 g/mol. The van der Waals surface area contributed by atoms with Crippen molar-refractivity contribution in [3.8, 4) is 0 Å². The zero-order chi connectivity index (χ0) is 24.8. The van der Waals surface area contributed by atoms with E-state index in [0.717, 1.165) is 44.2 Å². The molecule has 2 N–H and O–H groups in total. The average Bonchev–Trinajstić information content (AvgIpc) is 2.81. The Morgan fingerprint density at radius 2 is 1.83 bits per heavy atom. The molecule has 1 heterocycles. The number of carbonyl (C=O) groups excluding carboxylic acids is 1. The monoisotopic (exact) mass is 518 g/mol. The van der Waals surface area contributed by atoms with Crippen LogP contribution in [-0.2, 0) is 28.8 Å². The van der Waals surface area contributed by atoms with Gasteiger partial charge in [-0.1, -0.05) is 35.3 Å². The van der Waals surface area contributed by atoms with Gasteiger partial charge in [-0.3, -0.25) is 9.78 Å². The van der Waals surface area contributed by atoms with E-state index >= 15 is 0 Å². The van der Waals surface area contributed by atoms with Crippen molar-refractivity contribution in [1.82, 2.24) is 10.3 Å². The summed E-state index contributed by atoms with van der Waals surface area (Å²) >= 11 is 12.1. The van der Waals surface area contributed by atoms with Crippen molar-refractivity contribution in [3.63, 3.8) is 0 Å². The fraction of sp³-hybridized carbons (Fsp3) is 0.519. The second-order valence-corrected chi connectivity index (χ2v) is 10.5. The third-order valence-electron chi connectivity index (χ3n) is 7.01. The molecule has 1 aromatic carbocycles. The Hall–Kier alpha value is -2.15. The summed E-state index contributed by atoms with van der Waals surface area (Å²) in [5.74, 6) is -0.950. The molecule has 4 rings (SSSR count). The average molecular weight is 519 g/mol. The van der Waals surface area contributed by atoms with Gasteiger partial charge < -0.3 is 15.2 Å². The molecule has 2 aromatic rings. The quantitative estimate of drug-likeness (QED) is 0.382. The maximum atomic E-state index is 12.6. The molecule has 2 aliphatic rings. The molecule has 1 fully saturated rings. The van der Waals surface area contributed by atoms with Crippen LogP contribution in [0.3, 0.4) is 0 Å². The maximum absolute atomic E-state index is 12.6. The van der Waals surface area contributed by atoms with Gasteiger partial charge in [-0.2, -0.15) is 0 Å². The molecule has 2 aliphatic carbocycles. The predicted molar refractivity (Wildman–Crippen MR) is 136 cm³/mol. The van der Waals surface area contributed by atoms with Gasteiger partial charge in [0.25, 0.3) is 5.91 Å². The van der Waals surface area contributed by atoms with Crippen LogP contribution in [0.5, 0.6) is 0 Å². The molecule has 1 saturated carbocycles. The number of benzene rings is 1. The van der Waals surface area contributed by atoms with Crippen LogP contribution < -0.4 is 5.32 Å². The number of hydrogen-bond donors (Lipinski definition) is 2. The van der Waals surface area contributed by atoms with Gasteiger partial charge in [-0.15, -0.1) is 0 Å². The zero-order valence-electron chi connectivity index (χ0n) is 19.8. The van der Waals surface area contributed by atoms with E-state index < -0.39 is 17.9 Å². The highest BCUT2D eigenvalue weighted by Gasteiger charge is 2.34. The number of carboxylic acids is 1. The van der Waals surface area contributed by atoms with Crippen molar-refractivity contribution in [1.29, 1.82) is 0 Å². The summed E-state index contributed by atoms with van der Waals surface area (Å²) in [4.78, 5) is 29.1. The first-order valence-corrected chi connectivity index (χ1v) is 13.2. The number of halogens is 2. The lowest BCUT2D eigenvalue weighted by atomic mass is 9.72. The van der Waals surface area contributed by atoms with Gasteiger partial charge in [0.15, 0.2) is 0 Å². The number of fused-ring (bicyclic) bond motifs is 1. The number of nitrogens with one attached hydrogen (secondary N) is 1. The van der Waals surface area contributed by atoms with Gasteiger partial charge in [0, 0.05) is 24.6 Å². The van der Waals surface area contributed by atoms with Gasteiger partial charge in [0.2, 0.25) is 0 Å². The summed E-state index contributed by atoms with van der Waals surface area (Å²) < 4.78 is 5.88. The summed E-state index contributed by atoms with van der Waals surface area (Å²) in [5, 5.41) is 12.6. The Morgan fingerprint density at radius 3 is 2.57 bits per heavy atom. The van der Waals surface area contributed by atoms with E-state index in [0.29, 0.717) is 25.6 Å². The molecule has 8 heteroatoms. The smallest absolute Gasteiger partial charge is 0.326 e. The van der Waals surface area contributed by atoms with E-state index in [1.807, 2.05) is 0 Å². The topological polar surface area (TPSA) is 88.5 Å². The molecule has 6 nitrogen and oxygen atoms in total. The van der Waals surface area contributed by atoms with E-state index in [9.17, 15) is 14.7 Å². The number of pyridine rings is 1. The Bertz CT molecular complexity index is 1040. The summed E-state index contributed by atoms with van der Waals surface area (Å²) in [6.45, 7) is 1.39. The van der Waals surface area contributed by atoms with Crippen molar-refractivity contribution in [3.05, 3.63) is 62.9 Å². The first-order valence-electron chi connectivity index (χ1n) is 12.4. The van der Waals surface area contributed by atoms with Crippen molar-refractivity contribution >= 4 is 35.1 Å². The number of amides is 1. The number of rotatable bonds is 11. The number of aryl methyl sites for hydroxylation is 3. The van der Waals surface area contributed by atoms with E-state index in [-0.39, 0.29) is 21.5 Å². The lowest BCUT2D eigenvalue weighted by molar-refractivity contribution is -0.140. The van der Waals surface area contributed by atoms with Crippen LogP contribution in [0.4, 0.5) is 0 Å². The van der Waals surface area contributed by atoms with E-state index in [1.54, 1.807) is 18.2 Å². The molecule has 1 aromatic heterocycles. The van der Waals surface area contributed by atoms with Crippen molar-refractivity contribution < 1.29 is 19.4 Å². The highest BCUT2D eigenvalue weighted by Crippen LogP contribution is 2.37. The maximum Gasteiger partial charge on any atom is 0.326 e. The normalized spacial score (nSPS) is 19.9. The van der Waals surface area contributed by atoms with Crippen LogP contribution >= 0.6 is 23.2 Å². The molecule has 1 unspecified atom stereocenters. The highest BCUT2D eigenvalue weighted by atomic mass is 35.5. The first-order chi connectivity index (χ1) is 16.9. The second-order valence-electron chi connectivity index (χ2n) is 9.69. The minimum absolute atomic E-state index is 0.104. The van der Waals surface area contributed by atoms with Gasteiger partial charge in [-0.05, 0) is 93.4 Å². The summed E-state index contributed by atoms with van der Waals surface area (Å²) in [5.41, 5.74) is 3.94. The molecule has 35 heavy (non-hydrogen) atoms. The summed E-state index contributed by atoms with van der Waals surface area (Å²) in [7, 11) is 0. The predicted octanol–water partition coefficient (Wildman–Crippen LogP) is 5.52. The van der Waals surface area contributed by atoms with Crippen LogP contribution in [0.1, 0.15) is 65.8 Å². The number of aliphatic carboxylic acids is 1. The first kappa shape index (κ1) is 25.9. The molecular formula is C27H32Cl2N2O4. The SMILES string of the molecule is O=C(NC(CC1CC(COCCCc2ccc3c(n2)CCCC3)C1)C(=O)O)c1c(Cl)cccc1Cl. The second kappa shape index (κ2) is 12.2. The third-order valence-corrected chi connectivity index (χ3v) is 7.64. The molecule has 0 radical (unpaired) electrons. The fourth-order valence-electron chi connectivity index (χ4n) is 5.07. The Kier molecular flexibility index (Phi) is 9.04.